The smallest absolute Gasteiger partial charge is 0.407 e. The van der Waals surface area contributed by atoms with Crippen LogP contribution >= 0.6 is 0 Å². The van der Waals surface area contributed by atoms with Crippen molar-refractivity contribution in [3.63, 3.8) is 0 Å². The van der Waals surface area contributed by atoms with Gasteiger partial charge in [0.25, 0.3) is 0 Å². The number of alkyl carbamates (subject to hydrolysis) is 1. The average Bonchev–Trinajstić information content (AvgIpc) is 3.91. The van der Waals surface area contributed by atoms with Gasteiger partial charge < -0.3 is 45.0 Å². The number of hydrogen-bond acceptors (Lipinski definition) is 11. The van der Waals surface area contributed by atoms with Crippen LogP contribution in [0.4, 0.5) is 4.79 Å². The molecule has 4 aliphatic heterocycles. The summed E-state index contributed by atoms with van der Waals surface area (Å²) in [6.45, 7) is 26.9. The second kappa shape index (κ2) is 22.7. The topological polar surface area (TPSA) is 193 Å². The number of aliphatic carboxylic acids is 1. The van der Waals surface area contributed by atoms with E-state index >= 15 is 0 Å². The number of nitrogens with one attached hydrogen (secondary N) is 4. The fraction of sp³-hybridized carbons (Fsp3) is 0.490. The summed E-state index contributed by atoms with van der Waals surface area (Å²) < 4.78 is 14.7. The number of aromatic amines is 1. The van der Waals surface area contributed by atoms with E-state index in [1.165, 1.54) is 7.11 Å². The SMILES string of the molecule is C=Cc1c(C)/c2[nH]/c1=C\C1=NC(=C\C3=C(CCC(=O)O)C(C)C(\C=C4/N=C(\C=2)C2=CC=C(C(=O)OC)C(C=O)C24C)N3)/C(CCC(=C)NCCNC(=O)OC(C)(C)C)C1C.CC.COC.[Es]. The molecule has 5 N–H and O–H groups in total. The summed E-state index contributed by atoms with van der Waals surface area (Å²) in [7, 11) is 4.55. The van der Waals surface area contributed by atoms with Gasteiger partial charge in [0, 0.05) is 96.1 Å². The van der Waals surface area contributed by atoms with Crippen molar-refractivity contribution in [2.45, 2.75) is 99.6 Å². The number of methoxy groups -OCH3 is 2. The molecule has 1 radical (unpaired) electrons. The fourth-order valence-electron chi connectivity index (χ4n) is 8.92. The maximum absolute atomic E-state index is 13.0. The Balaban J connectivity index is 0.00000185. The van der Waals surface area contributed by atoms with Crippen LogP contribution in [0.3, 0.4) is 0 Å². The molecule has 66 heavy (non-hydrogen) atoms. The second-order valence-corrected chi connectivity index (χ2v) is 17.7. The number of amides is 1. The van der Waals surface area contributed by atoms with Crippen molar-refractivity contribution in [1.29, 1.82) is 0 Å². The molecule has 5 heterocycles. The van der Waals surface area contributed by atoms with E-state index in [9.17, 15) is 24.3 Å². The minimum Gasteiger partial charge on any atom is -0.481 e. The van der Waals surface area contributed by atoms with Gasteiger partial charge in [-0.25, -0.2) is 9.59 Å². The standard InChI is InChI=1S/C47H58N6O7.C2H6O.C2H6.Es/c1-11-29-26(3)36-21-41-33-16-14-32(44(57)59-10)34(24-54)47(33,9)42(53-41)23-37-28(5)31(15-17-43(55)56)40(52-37)22-39-30(27(4)35(51-39)20-38(29)50-36)13-12-25(2)48-18-19-49-45(58)60-46(6,7)8;1-3-2;1-2;/h11,14,16,20-24,27-28,30,34,37,48,50,52H,1-2,12-13,15,17-19H2,3-10H3,(H,49,58)(H,55,56);1-2H3;1-2H3;/b36-21-,38-20-,39-22-,42-23-;;;. The van der Waals surface area contributed by atoms with Gasteiger partial charge in [0.05, 0.1) is 35.9 Å². The third-order valence-corrected chi connectivity index (χ3v) is 12.3. The molecule has 363 valence electrons. The summed E-state index contributed by atoms with van der Waals surface area (Å²) in [6, 6.07) is -0.318. The monoisotopic (exact) mass is 1150 g/mol. The molecule has 1 amide bonds. The van der Waals surface area contributed by atoms with E-state index < -0.39 is 35.0 Å². The zero-order valence-corrected chi connectivity index (χ0v) is 43.2. The number of hydrogen-bond donors (Lipinski definition) is 5. The van der Waals surface area contributed by atoms with Gasteiger partial charge in [-0.2, -0.15) is 0 Å². The van der Waals surface area contributed by atoms with Crippen molar-refractivity contribution in [1.82, 2.24) is 20.9 Å². The van der Waals surface area contributed by atoms with Crippen molar-refractivity contribution < 1.29 is 38.5 Å². The van der Waals surface area contributed by atoms with Crippen molar-refractivity contribution in [2.24, 2.45) is 39.1 Å². The molecule has 6 atom stereocenters. The van der Waals surface area contributed by atoms with Crippen LogP contribution in [-0.2, 0) is 28.6 Å². The molecule has 14 nitrogen and oxygen atoms in total. The summed E-state index contributed by atoms with van der Waals surface area (Å²) in [5, 5.41) is 21.3. The van der Waals surface area contributed by atoms with Gasteiger partial charge in [0.15, 0.2) is 0 Å². The predicted molar refractivity (Wildman–Crippen MR) is 258 cm³/mol. The molecule has 15 heteroatoms. The van der Waals surface area contributed by atoms with Gasteiger partial charge in [-0.3, -0.25) is 14.8 Å². The Bertz CT molecular complexity index is 2390. The molecule has 1 aromatic rings. The van der Waals surface area contributed by atoms with Gasteiger partial charge in [-0.15, -0.1) is 0 Å². The zero-order chi connectivity index (χ0) is 48.4. The number of rotatable bonds is 13. The van der Waals surface area contributed by atoms with Crippen molar-refractivity contribution in [3.8, 4) is 0 Å². The third-order valence-electron chi connectivity index (χ3n) is 12.3. The van der Waals surface area contributed by atoms with E-state index in [4.69, 9.17) is 19.5 Å². The molecule has 0 saturated heterocycles. The molecule has 0 fully saturated rings. The van der Waals surface area contributed by atoms with Crippen LogP contribution in [0.15, 0.2) is 87.0 Å². The number of allylic oxidation sites excluding steroid dienone is 6. The molecular weight excluding hydrogens is 1080 g/mol. The molecule has 0 saturated carbocycles. The summed E-state index contributed by atoms with van der Waals surface area (Å²) in [5.74, 6) is -2.47. The third kappa shape index (κ3) is 11.6. The first-order chi connectivity index (χ1) is 30.8. The fourth-order valence-corrected chi connectivity index (χ4v) is 8.92. The van der Waals surface area contributed by atoms with Gasteiger partial charge in [-0.05, 0) is 94.9 Å². The van der Waals surface area contributed by atoms with Gasteiger partial charge in [0.1, 0.15) is 11.9 Å². The number of aromatic nitrogens is 1. The van der Waals surface area contributed by atoms with Crippen molar-refractivity contribution in [2.75, 3.05) is 34.4 Å². The molecule has 1 aliphatic carbocycles. The molecule has 1 aromatic heterocycles. The van der Waals surface area contributed by atoms with Crippen LogP contribution in [0.5, 0.6) is 0 Å². The Morgan fingerprint density at radius 2 is 1.65 bits per heavy atom. The van der Waals surface area contributed by atoms with E-state index in [1.807, 2.05) is 72.8 Å². The van der Waals surface area contributed by atoms with Crippen LogP contribution in [-0.4, -0.2) is 91.9 Å². The van der Waals surface area contributed by atoms with Gasteiger partial charge >= 0.3 is 18.0 Å². The normalized spacial score (nSPS) is 26.0. The van der Waals surface area contributed by atoms with Crippen LogP contribution in [0.2, 0.25) is 0 Å². The van der Waals surface area contributed by atoms with Gasteiger partial charge in [-0.1, -0.05) is 59.1 Å². The zero-order valence-electron chi connectivity index (χ0n) is 40.7. The minimum atomic E-state index is -1.01. The number of aldehydes is 1. The minimum absolute atomic E-state index is 0. The quantitative estimate of drug-likeness (QED) is 0.0802. The number of carbonyl (C=O) groups is 4. The maximum atomic E-state index is 13.0. The largest absolute Gasteiger partial charge is 0.481 e. The van der Waals surface area contributed by atoms with E-state index in [-0.39, 0.29) is 35.8 Å². The summed E-state index contributed by atoms with van der Waals surface area (Å²) in [6.07, 6.45) is 15.5. The Hall–Kier alpha value is -7.02. The number of ether oxygens (including phenoxy) is 3. The number of carbonyl (C=O) groups excluding carboxylic acids is 3. The Kier molecular flexibility index (Phi) is 18.4. The van der Waals surface area contributed by atoms with E-state index in [0.29, 0.717) is 37.3 Å². The first-order valence-corrected chi connectivity index (χ1v) is 22.4. The Morgan fingerprint density at radius 1 is 0.985 bits per heavy atom. The molecule has 0 spiro atoms. The maximum Gasteiger partial charge on any atom is 0.407 e. The molecular formula is C51H70EsN6O8. The van der Waals surface area contributed by atoms with E-state index in [2.05, 4.69) is 64.8 Å². The van der Waals surface area contributed by atoms with E-state index in [0.717, 1.165) is 68.5 Å². The van der Waals surface area contributed by atoms with Crippen molar-refractivity contribution in [3.05, 3.63) is 98.8 Å². The number of fused-ring (bicyclic) bond motifs is 9. The summed E-state index contributed by atoms with van der Waals surface area (Å²) in [4.78, 5) is 64.2. The molecule has 5 aliphatic rings. The Labute approximate surface area is 384 Å². The number of nitrogens with zero attached hydrogens (tertiary/aromatic N) is 2. The van der Waals surface area contributed by atoms with Crippen LogP contribution in [0.1, 0.15) is 92.2 Å². The Morgan fingerprint density at radius 3 is 2.26 bits per heavy atom. The van der Waals surface area contributed by atoms with Crippen LogP contribution in [0.25, 0.3) is 18.2 Å². The van der Waals surface area contributed by atoms with Crippen LogP contribution < -0.4 is 26.6 Å². The van der Waals surface area contributed by atoms with E-state index in [1.54, 1.807) is 20.3 Å². The predicted octanol–water partition coefficient (Wildman–Crippen LogP) is 6.75. The molecule has 6 unspecified atom stereocenters. The first-order valence-electron chi connectivity index (χ1n) is 22.4. The van der Waals surface area contributed by atoms with Gasteiger partial charge in [0.2, 0.25) is 0 Å². The number of H-pyrrole nitrogens is 1. The number of carboxylic acid groups (broad SMARTS) is 1. The molecule has 8 bridgehead atoms. The molecule has 0 aromatic carbocycles. The van der Waals surface area contributed by atoms with Crippen molar-refractivity contribution >= 4 is 54.0 Å². The first kappa shape index (κ1) is 53.3. The second-order valence-electron chi connectivity index (χ2n) is 17.7. The summed E-state index contributed by atoms with van der Waals surface area (Å²) >= 11 is 0. The average molecular weight is 1150 g/mol. The number of esters is 1. The molecule has 6 rings (SSSR count). The number of carboxylic acids is 1. The number of aliphatic imine (C=N–C) groups is 2. The van der Waals surface area contributed by atoms with Crippen LogP contribution in [0, 0.1) is 36.0 Å². The summed E-state index contributed by atoms with van der Waals surface area (Å²) in [5.41, 5.74) is 6.98.